The standard InChI is InChI=1S/C10H19N3O2/c1-6(14)8(11)9-12-7(13-15-9)5-10(2,3)4/h6,8,14H,5,11H2,1-4H3/t6-,8+/m1/s1. The quantitative estimate of drug-likeness (QED) is 0.783. The van der Waals surface area contributed by atoms with E-state index in [9.17, 15) is 5.11 Å². The van der Waals surface area contributed by atoms with Crippen LogP contribution in [0.25, 0.3) is 0 Å². The maximum Gasteiger partial charge on any atom is 0.246 e. The van der Waals surface area contributed by atoms with Crippen LogP contribution in [0.2, 0.25) is 0 Å². The van der Waals surface area contributed by atoms with E-state index in [0.717, 1.165) is 6.42 Å². The van der Waals surface area contributed by atoms with Crippen molar-refractivity contribution in [2.45, 2.75) is 46.3 Å². The van der Waals surface area contributed by atoms with E-state index < -0.39 is 12.1 Å². The fourth-order valence-electron chi connectivity index (χ4n) is 1.16. The average Bonchev–Trinajstić information content (AvgIpc) is 2.48. The Morgan fingerprint density at radius 1 is 1.47 bits per heavy atom. The van der Waals surface area contributed by atoms with Crippen LogP contribution < -0.4 is 5.73 Å². The molecule has 0 saturated carbocycles. The summed E-state index contributed by atoms with van der Waals surface area (Å²) in [6.07, 6.45) is 0.0381. The highest BCUT2D eigenvalue weighted by Crippen LogP contribution is 2.20. The molecule has 86 valence electrons. The molecule has 1 aromatic heterocycles. The lowest BCUT2D eigenvalue weighted by molar-refractivity contribution is 0.146. The number of nitrogens with zero attached hydrogens (tertiary/aromatic N) is 2. The number of aliphatic hydroxyl groups is 1. The molecular formula is C10H19N3O2. The van der Waals surface area contributed by atoms with Gasteiger partial charge >= 0.3 is 0 Å². The molecule has 3 N–H and O–H groups in total. The summed E-state index contributed by atoms with van der Waals surface area (Å²) >= 11 is 0. The molecule has 5 heteroatoms. The zero-order valence-corrected chi connectivity index (χ0v) is 9.69. The Morgan fingerprint density at radius 2 is 2.07 bits per heavy atom. The van der Waals surface area contributed by atoms with Gasteiger partial charge in [0.1, 0.15) is 6.04 Å². The van der Waals surface area contributed by atoms with E-state index in [1.807, 2.05) is 0 Å². The Labute approximate surface area is 89.7 Å². The first-order valence-electron chi connectivity index (χ1n) is 5.06. The minimum Gasteiger partial charge on any atom is -0.391 e. The highest BCUT2D eigenvalue weighted by molar-refractivity contribution is 4.95. The van der Waals surface area contributed by atoms with Gasteiger partial charge < -0.3 is 15.4 Å². The average molecular weight is 213 g/mol. The number of aromatic nitrogens is 2. The fourth-order valence-corrected chi connectivity index (χ4v) is 1.16. The van der Waals surface area contributed by atoms with E-state index in [1.165, 1.54) is 0 Å². The van der Waals surface area contributed by atoms with Crippen molar-refractivity contribution in [1.29, 1.82) is 0 Å². The van der Waals surface area contributed by atoms with Gasteiger partial charge in [0.15, 0.2) is 5.82 Å². The first kappa shape index (κ1) is 12.1. The van der Waals surface area contributed by atoms with E-state index in [0.29, 0.717) is 11.7 Å². The maximum atomic E-state index is 9.26. The Kier molecular flexibility index (Phi) is 3.46. The van der Waals surface area contributed by atoms with Crippen molar-refractivity contribution in [3.8, 4) is 0 Å². The molecule has 1 aromatic rings. The second-order valence-corrected chi connectivity index (χ2v) is 5.05. The van der Waals surface area contributed by atoms with Crippen LogP contribution >= 0.6 is 0 Å². The van der Waals surface area contributed by atoms with Gasteiger partial charge in [0, 0.05) is 6.42 Å². The van der Waals surface area contributed by atoms with Gasteiger partial charge in [0.25, 0.3) is 0 Å². The van der Waals surface area contributed by atoms with Crippen molar-refractivity contribution in [3.63, 3.8) is 0 Å². The predicted molar refractivity (Wildman–Crippen MR) is 56.1 cm³/mol. The number of aliphatic hydroxyl groups excluding tert-OH is 1. The summed E-state index contributed by atoms with van der Waals surface area (Å²) in [5, 5.41) is 13.1. The van der Waals surface area contributed by atoms with Gasteiger partial charge in [-0.1, -0.05) is 25.9 Å². The summed E-state index contributed by atoms with van der Waals surface area (Å²) < 4.78 is 4.99. The Morgan fingerprint density at radius 3 is 2.53 bits per heavy atom. The van der Waals surface area contributed by atoms with Crippen molar-refractivity contribution in [3.05, 3.63) is 11.7 Å². The predicted octanol–water partition coefficient (Wildman–Crippen LogP) is 1.04. The first-order chi connectivity index (χ1) is 6.79. The van der Waals surface area contributed by atoms with Crippen LogP contribution in [0, 0.1) is 5.41 Å². The second kappa shape index (κ2) is 4.28. The highest BCUT2D eigenvalue weighted by atomic mass is 16.5. The van der Waals surface area contributed by atoms with Crippen LogP contribution in [0.3, 0.4) is 0 Å². The molecule has 0 aliphatic carbocycles. The molecule has 0 bridgehead atoms. The van der Waals surface area contributed by atoms with E-state index in [2.05, 4.69) is 30.9 Å². The lowest BCUT2D eigenvalue weighted by Gasteiger charge is -2.14. The van der Waals surface area contributed by atoms with Gasteiger partial charge in [0.2, 0.25) is 5.89 Å². The molecule has 5 nitrogen and oxygen atoms in total. The van der Waals surface area contributed by atoms with Gasteiger partial charge in [-0.25, -0.2) is 0 Å². The van der Waals surface area contributed by atoms with E-state index >= 15 is 0 Å². The normalized spacial score (nSPS) is 16.4. The summed E-state index contributed by atoms with van der Waals surface area (Å²) in [6, 6.07) is -0.605. The number of hydrogen-bond acceptors (Lipinski definition) is 5. The first-order valence-corrected chi connectivity index (χ1v) is 5.06. The third-order valence-corrected chi connectivity index (χ3v) is 1.98. The van der Waals surface area contributed by atoms with Crippen LogP contribution in [0.15, 0.2) is 4.52 Å². The summed E-state index contributed by atoms with van der Waals surface area (Å²) in [5.41, 5.74) is 5.78. The largest absolute Gasteiger partial charge is 0.391 e. The minimum absolute atomic E-state index is 0.107. The van der Waals surface area contributed by atoms with Gasteiger partial charge in [-0.3, -0.25) is 0 Å². The zero-order valence-electron chi connectivity index (χ0n) is 9.69. The fraction of sp³-hybridized carbons (Fsp3) is 0.800. The molecule has 0 aliphatic rings. The third kappa shape index (κ3) is 3.60. The van der Waals surface area contributed by atoms with E-state index in [4.69, 9.17) is 10.3 Å². The Bertz CT molecular complexity index is 315. The molecule has 0 aromatic carbocycles. The van der Waals surface area contributed by atoms with Crippen LogP contribution in [0.1, 0.15) is 45.5 Å². The molecule has 0 fully saturated rings. The molecule has 15 heavy (non-hydrogen) atoms. The van der Waals surface area contributed by atoms with Gasteiger partial charge in [0.05, 0.1) is 6.10 Å². The smallest absolute Gasteiger partial charge is 0.246 e. The summed E-state index contributed by atoms with van der Waals surface area (Å²) in [6.45, 7) is 7.88. The van der Waals surface area contributed by atoms with Crippen molar-refractivity contribution in [2.75, 3.05) is 0 Å². The monoisotopic (exact) mass is 213 g/mol. The molecule has 2 atom stereocenters. The lowest BCUT2D eigenvalue weighted by atomic mass is 9.92. The topological polar surface area (TPSA) is 85.2 Å². The number of nitrogens with two attached hydrogens (primary N) is 1. The Hall–Kier alpha value is -0.940. The molecule has 0 unspecified atom stereocenters. The number of rotatable bonds is 3. The zero-order chi connectivity index (χ0) is 11.6. The molecular weight excluding hydrogens is 194 g/mol. The molecule has 0 amide bonds. The lowest BCUT2D eigenvalue weighted by Crippen LogP contribution is -2.23. The minimum atomic E-state index is -0.687. The number of hydrogen-bond donors (Lipinski definition) is 2. The van der Waals surface area contributed by atoms with Crippen molar-refractivity contribution < 1.29 is 9.63 Å². The van der Waals surface area contributed by atoms with Crippen LogP contribution in [0.4, 0.5) is 0 Å². The molecule has 1 heterocycles. The van der Waals surface area contributed by atoms with E-state index in [1.54, 1.807) is 6.92 Å². The second-order valence-electron chi connectivity index (χ2n) is 5.05. The van der Waals surface area contributed by atoms with Crippen molar-refractivity contribution in [2.24, 2.45) is 11.1 Å². The maximum absolute atomic E-state index is 9.26. The molecule has 1 rings (SSSR count). The summed E-state index contributed by atoms with van der Waals surface area (Å²) in [7, 11) is 0. The van der Waals surface area contributed by atoms with Gasteiger partial charge in [-0.05, 0) is 12.3 Å². The van der Waals surface area contributed by atoms with Gasteiger partial charge in [-0.2, -0.15) is 4.98 Å². The van der Waals surface area contributed by atoms with Crippen molar-refractivity contribution in [1.82, 2.24) is 10.1 Å². The van der Waals surface area contributed by atoms with Crippen LogP contribution in [-0.2, 0) is 6.42 Å². The summed E-state index contributed by atoms with van der Waals surface area (Å²) in [4.78, 5) is 4.15. The van der Waals surface area contributed by atoms with Gasteiger partial charge in [-0.15, -0.1) is 0 Å². The van der Waals surface area contributed by atoms with E-state index in [-0.39, 0.29) is 5.41 Å². The SMILES string of the molecule is C[C@@H](O)[C@H](N)c1nc(CC(C)(C)C)no1. The van der Waals surface area contributed by atoms with Crippen LogP contribution in [0.5, 0.6) is 0 Å². The molecule has 0 spiro atoms. The van der Waals surface area contributed by atoms with Crippen LogP contribution in [-0.4, -0.2) is 21.4 Å². The summed E-state index contributed by atoms with van der Waals surface area (Å²) in [5.74, 6) is 0.929. The third-order valence-electron chi connectivity index (χ3n) is 1.98. The molecule has 0 saturated heterocycles. The van der Waals surface area contributed by atoms with Crippen molar-refractivity contribution >= 4 is 0 Å². The highest BCUT2D eigenvalue weighted by Gasteiger charge is 2.21. The molecule has 0 radical (unpaired) electrons. The molecule has 0 aliphatic heterocycles. The Balaban J connectivity index is 2.72.